The summed E-state index contributed by atoms with van der Waals surface area (Å²) in [4.78, 5) is 43.0. The third kappa shape index (κ3) is 6.93. The Labute approximate surface area is 293 Å². The molecule has 6 rings (SSSR count). The van der Waals surface area contributed by atoms with Gasteiger partial charge in [-0.05, 0) is 128 Å². The predicted molar refractivity (Wildman–Crippen MR) is 201 cm³/mol. The average molecular weight is 671 g/mol. The summed E-state index contributed by atoms with van der Waals surface area (Å²) in [6, 6.07) is 18.2. The Morgan fingerprint density at radius 1 is 0.640 bits per heavy atom. The van der Waals surface area contributed by atoms with Crippen molar-refractivity contribution in [3.8, 4) is 0 Å². The Morgan fingerprint density at radius 3 is 1.68 bits per heavy atom. The lowest BCUT2D eigenvalue weighted by atomic mass is 9.98. The average Bonchev–Trinajstić information content (AvgIpc) is 3.78. The van der Waals surface area contributed by atoms with Gasteiger partial charge in [0.2, 0.25) is 0 Å². The summed E-state index contributed by atoms with van der Waals surface area (Å²) in [5.74, 6) is -0.530. The van der Waals surface area contributed by atoms with Crippen molar-refractivity contribution < 1.29 is 19.1 Å². The largest absolute Gasteiger partial charge is 0.469 e. The standard InChI is InChI=1S/C42H46N4O4/c1-8-29-24(3)33-19-34-26(5)31(15-17-41(47)49-7)39(45-34)22-40-32(16-18-42(48)50-23-28-13-11-10-12-14-28)27(6)36(46-40)21-38-30(9-2)25(4)35(44-38)20-37(29)43-33/h10-14,19-22,43-44H,8-9,15-18,23H2,1-7H3. The van der Waals surface area contributed by atoms with Gasteiger partial charge in [-0.1, -0.05) is 44.2 Å². The lowest BCUT2D eigenvalue weighted by Gasteiger charge is -2.08. The van der Waals surface area contributed by atoms with Gasteiger partial charge in [0, 0.05) is 34.9 Å². The molecule has 0 unspecified atom stereocenters. The number of methoxy groups -OCH3 is 1. The van der Waals surface area contributed by atoms with E-state index in [0.29, 0.717) is 12.8 Å². The van der Waals surface area contributed by atoms with Gasteiger partial charge in [-0.3, -0.25) is 9.59 Å². The highest BCUT2D eigenvalue weighted by molar-refractivity contribution is 5.96. The topological polar surface area (TPSA) is 110 Å². The van der Waals surface area contributed by atoms with Gasteiger partial charge in [-0.2, -0.15) is 0 Å². The lowest BCUT2D eigenvalue weighted by Crippen LogP contribution is -2.04. The molecular weight excluding hydrogens is 624 g/mol. The minimum Gasteiger partial charge on any atom is -0.469 e. The van der Waals surface area contributed by atoms with Crippen LogP contribution in [-0.2, 0) is 38.5 Å². The summed E-state index contributed by atoms with van der Waals surface area (Å²) in [5.41, 5.74) is 17.3. The van der Waals surface area contributed by atoms with Crippen LogP contribution in [0.5, 0.6) is 0 Å². The summed E-state index contributed by atoms with van der Waals surface area (Å²) >= 11 is 0. The van der Waals surface area contributed by atoms with E-state index in [2.05, 4.69) is 69.7 Å². The smallest absolute Gasteiger partial charge is 0.306 e. The number of rotatable bonds is 10. The van der Waals surface area contributed by atoms with Crippen molar-refractivity contribution in [2.75, 3.05) is 7.11 Å². The van der Waals surface area contributed by atoms with E-state index in [1.165, 1.54) is 29.4 Å². The van der Waals surface area contributed by atoms with E-state index in [0.717, 1.165) is 85.5 Å². The van der Waals surface area contributed by atoms with Crippen molar-refractivity contribution in [3.05, 3.63) is 105 Å². The molecule has 0 saturated heterocycles. The number of ether oxygens (including phenoxy) is 2. The first kappa shape index (κ1) is 34.6. The molecule has 2 aliphatic heterocycles. The second-order valence-corrected chi connectivity index (χ2v) is 13.1. The monoisotopic (exact) mass is 670 g/mol. The number of H-pyrrole nitrogens is 2. The molecule has 1 aromatic carbocycles. The number of esters is 2. The molecule has 0 radical (unpaired) electrons. The maximum absolute atomic E-state index is 13.0. The highest BCUT2D eigenvalue weighted by Gasteiger charge is 2.23. The summed E-state index contributed by atoms with van der Waals surface area (Å²) < 4.78 is 10.6. The third-order valence-electron chi connectivity index (χ3n) is 10.1. The first-order valence-electron chi connectivity index (χ1n) is 17.5. The number of aryl methyl sites for hydroxylation is 4. The van der Waals surface area contributed by atoms with E-state index < -0.39 is 0 Å². The van der Waals surface area contributed by atoms with E-state index in [-0.39, 0.29) is 31.4 Å². The Kier molecular flexibility index (Phi) is 10.2. The first-order valence-corrected chi connectivity index (χ1v) is 17.5. The van der Waals surface area contributed by atoms with Crippen molar-refractivity contribution in [2.24, 2.45) is 0 Å². The number of aromatic amines is 2. The SMILES string of the molecule is CCc1c(C)c2cc3[nH]c(cc4nc(cc5nc(cc1[nH]2)C(C)=C5CCC(=O)OCc1ccccc1)C(CCC(=O)OC)=C4C)c(C)c3CC. The summed E-state index contributed by atoms with van der Waals surface area (Å²) in [6.45, 7) is 13.1. The Morgan fingerprint density at radius 2 is 1.14 bits per heavy atom. The van der Waals surface area contributed by atoms with Crippen LogP contribution in [0.1, 0.15) is 104 Å². The van der Waals surface area contributed by atoms with Crippen LogP contribution >= 0.6 is 0 Å². The predicted octanol–water partition coefficient (Wildman–Crippen LogP) is 9.39. The fourth-order valence-electron chi connectivity index (χ4n) is 7.12. The molecule has 5 heterocycles. The number of nitrogens with zero attached hydrogens (tertiary/aromatic N) is 2. The van der Waals surface area contributed by atoms with Crippen LogP contribution in [0.15, 0.2) is 54.6 Å². The second-order valence-electron chi connectivity index (χ2n) is 13.1. The summed E-state index contributed by atoms with van der Waals surface area (Å²) in [5, 5.41) is 0. The van der Waals surface area contributed by atoms with Gasteiger partial charge >= 0.3 is 11.9 Å². The highest BCUT2D eigenvalue weighted by Crippen LogP contribution is 2.38. The molecule has 258 valence electrons. The summed E-state index contributed by atoms with van der Waals surface area (Å²) in [6.07, 6.45) is 3.17. The van der Waals surface area contributed by atoms with Gasteiger partial charge in [0.25, 0.3) is 0 Å². The number of benzene rings is 1. The first-order chi connectivity index (χ1) is 24.1. The molecule has 8 nitrogen and oxygen atoms in total. The number of hydrogen-bond donors (Lipinski definition) is 2. The number of carbonyl (C=O) groups excluding carboxylic acids is 2. The molecule has 0 saturated carbocycles. The molecule has 0 aliphatic carbocycles. The van der Waals surface area contributed by atoms with Gasteiger partial charge in [0.05, 0.1) is 29.9 Å². The van der Waals surface area contributed by atoms with Crippen molar-refractivity contribution in [1.29, 1.82) is 0 Å². The van der Waals surface area contributed by atoms with Gasteiger partial charge in [-0.15, -0.1) is 0 Å². The molecule has 3 aromatic heterocycles. The Balaban J connectivity index is 1.54. The van der Waals surface area contributed by atoms with Gasteiger partial charge in [0.15, 0.2) is 0 Å². The summed E-state index contributed by atoms with van der Waals surface area (Å²) in [7, 11) is 1.41. The molecule has 0 amide bonds. The van der Waals surface area contributed by atoms with Crippen molar-refractivity contribution in [3.63, 3.8) is 0 Å². The molecule has 0 fully saturated rings. The molecular formula is C42H46N4O4. The van der Waals surface area contributed by atoms with E-state index in [1.54, 1.807) is 0 Å². The highest BCUT2D eigenvalue weighted by atomic mass is 16.5. The molecule has 8 heteroatoms. The van der Waals surface area contributed by atoms with Crippen molar-refractivity contribution >= 4 is 56.3 Å². The second kappa shape index (κ2) is 14.7. The van der Waals surface area contributed by atoms with E-state index in [1.807, 2.05) is 36.4 Å². The number of nitrogens with one attached hydrogen (secondary N) is 2. The fourth-order valence-corrected chi connectivity index (χ4v) is 7.12. The Hall–Kier alpha value is -5.24. The normalized spacial score (nSPS) is 12.9. The van der Waals surface area contributed by atoms with E-state index in [9.17, 15) is 9.59 Å². The zero-order chi connectivity index (χ0) is 35.5. The van der Waals surface area contributed by atoms with Crippen LogP contribution in [0, 0.1) is 13.8 Å². The maximum Gasteiger partial charge on any atom is 0.306 e. The van der Waals surface area contributed by atoms with E-state index >= 15 is 0 Å². The van der Waals surface area contributed by atoms with Crippen LogP contribution in [0.3, 0.4) is 0 Å². The molecule has 50 heavy (non-hydrogen) atoms. The molecule has 0 spiro atoms. The van der Waals surface area contributed by atoms with Crippen molar-refractivity contribution in [2.45, 2.75) is 86.7 Å². The van der Waals surface area contributed by atoms with Crippen molar-refractivity contribution in [1.82, 2.24) is 19.9 Å². The van der Waals surface area contributed by atoms with Crippen LogP contribution in [0.2, 0.25) is 0 Å². The maximum atomic E-state index is 13.0. The number of fused-ring (bicyclic) bond motifs is 8. The molecule has 2 N–H and O–H groups in total. The number of allylic oxidation sites excluding steroid dienone is 4. The van der Waals surface area contributed by atoms with Crippen LogP contribution in [0.25, 0.3) is 44.4 Å². The molecule has 2 aliphatic rings. The van der Waals surface area contributed by atoms with Gasteiger partial charge in [0.1, 0.15) is 6.61 Å². The number of hydrogen-bond acceptors (Lipinski definition) is 6. The van der Waals surface area contributed by atoms with E-state index in [4.69, 9.17) is 19.4 Å². The number of carbonyl (C=O) groups is 2. The number of aromatic nitrogens is 4. The van der Waals surface area contributed by atoms with Gasteiger partial charge < -0.3 is 19.4 Å². The third-order valence-corrected chi connectivity index (χ3v) is 10.1. The van der Waals surface area contributed by atoms with Crippen LogP contribution < -0.4 is 0 Å². The lowest BCUT2D eigenvalue weighted by molar-refractivity contribution is -0.145. The van der Waals surface area contributed by atoms with Gasteiger partial charge in [-0.25, -0.2) is 9.97 Å². The zero-order valence-electron chi connectivity index (χ0n) is 30.2. The Bertz CT molecular complexity index is 2200. The zero-order valence-corrected chi connectivity index (χ0v) is 30.2. The minimum atomic E-state index is -0.269. The van der Waals surface area contributed by atoms with Crippen LogP contribution in [0.4, 0.5) is 0 Å². The molecule has 8 bridgehead atoms. The molecule has 4 aromatic rings. The molecule has 0 atom stereocenters. The quantitative estimate of drug-likeness (QED) is 0.163. The minimum absolute atomic E-state index is 0.218. The van der Waals surface area contributed by atoms with Crippen LogP contribution in [-0.4, -0.2) is 39.0 Å². The fraction of sp³-hybridized carbons (Fsp3) is 0.333.